The number of benzene rings is 1. The Hall–Kier alpha value is -1.02. The molecule has 0 radical (unpaired) electrons. The molecule has 1 unspecified atom stereocenters. The smallest absolute Gasteiger partial charge is 0.119 e. The maximum absolute atomic E-state index is 5.88. The second-order valence-electron chi connectivity index (χ2n) is 6.29. The maximum Gasteiger partial charge on any atom is 0.119 e. The number of hydrogen-bond acceptors (Lipinski definition) is 2. The van der Waals surface area contributed by atoms with Gasteiger partial charge in [-0.3, -0.25) is 0 Å². The molecule has 0 fully saturated rings. The molecule has 0 heterocycles. The molecule has 1 aromatic carbocycles. The number of nitrogens with one attached hydrogen (secondary N) is 1. The molecule has 0 spiro atoms. The highest BCUT2D eigenvalue weighted by Gasteiger charge is 2.21. The Labute approximate surface area is 123 Å². The fourth-order valence-electron chi connectivity index (χ4n) is 2.90. The Morgan fingerprint density at radius 3 is 2.95 bits per heavy atom. The van der Waals surface area contributed by atoms with Gasteiger partial charge in [-0.1, -0.05) is 26.8 Å². The molecule has 20 heavy (non-hydrogen) atoms. The van der Waals surface area contributed by atoms with Gasteiger partial charge >= 0.3 is 0 Å². The summed E-state index contributed by atoms with van der Waals surface area (Å²) < 4.78 is 5.88. The van der Waals surface area contributed by atoms with Crippen molar-refractivity contribution < 1.29 is 4.74 Å². The van der Waals surface area contributed by atoms with E-state index in [1.807, 2.05) is 0 Å². The molecule has 0 aromatic heterocycles. The van der Waals surface area contributed by atoms with E-state index < -0.39 is 0 Å². The third-order valence-corrected chi connectivity index (χ3v) is 4.03. The van der Waals surface area contributed by atoms with Gasteiger partial charge < -0.3 is 10.1 Å². The van der Waals surface area contributed by atoms with Gasteiger partial charge in [0.15, 0.2) is 0 Å². The van der Waals surface area contributed by atoms with E-state index in [4.69, 9.17) is 4.74 Å². The van der Waals surface area contributed by atoms with Crippen molar-refractivity contribution in [3.05, 3.63) is 29.3 Å². The summed E-state index contributed by atoms with van der Waals surface area (Å²) in [5, 5.41) is 3.63. The Kier molecular flexibility index (Phi) is 5.90. The SMILES string of the molecule is CCCNC1CCc2cc(OCCCC(C)C)ccc21. The summed E-state index contributed by atoms with van der Waals surface area (Å²) in [6, 6.07) is 7.20. The van der Waals surface area contributed by atoms with Crippen molar-refractivity contribution in [2.24, 2.45) is 5.92 Å². The minimum Gasteiger partial charge on any atom is -0.494 e. The Bertz CT molecular complexity index is 414. The van der Waals surface area contributed by atoms with Crippen LogP contribution in [0.3, 0.4) is 0 Å². The van der Waals surface area contributed by atoms with Crippen LogP contribution in [-0.4, -0.2) is 13.2 Å². The summed E-state index contributed by atoms with van der Waals surface area (Å²) in [6.07, 6.45) is 6.00. The highest BCUT2D eigenvalue weighted by atomic mass is 16.5. The second kappa shape index (κ2) is 7.68. The van der Waals surface area contributed by atoms with Crippen molar-refractivity contribution in [2.75, 3.05) is 13.2 Å². The molecule has 1 aliphatic rings. The van der Waals surface area contributed by atoms with Crippen LogP contribution in [0.2, 0.25) is 0 Å². The van der Waals surface area contributed by atoms with Gasteiger partial charge in [-0.15, -0.1) is 0 Å². The zero-order valence-corrected chi connectivity index (χ0v) is 13.2. The van der Waals surface area contributed by atoms with E-state index in [1.54, 1.807) is 0 Å². The van der Waals surface area contributed by atoms with Gasteiger partial charge in [0.25, 0.3) is 0 Å². The molecule has 2 heteroatoms. The van der Waals surface area contributed by atoms with Crippen LogP contribution in [0.25, 0.3) is 0 Å². The van der Waals surface area contributed by atoms with Gasteiger partial charge in [-0.05, 0) is 67.8 Å². The molecule has 2 nitrogen and oxygen atoms in total. The van der Waals surface area contributed by atoms with Gasteiger partial charge in [0.1, 0.15) is 5.75 Å². The van der Waals surface area contributed by atoms with Crippen LogP contribution in [-0.2, 0) is 6.42 Å². The van der Waals surface area contributed by atoms with E-state index in [0.29, 0.717) is 6.04 Å². The van der Waals surface area contributed by atoms with Gasteiger partial charge in [-0.2, -0.15) is 0 Å². The predicted octanol–water partition coefficient (Wildman–Crippen LogP) is 4.49. The molecule has 112 valence electrons. The second-order valence-corrected chi connectivity index (χ2v) is 6.29. The lowest BCUT2D eigenvalue weighted by Gasteiger charge is -2.14. The van der Waals surface area contributed by atoms with Crippen molar-refractivity contribution in [1.29, 1.82) is 0 Å². The van der Waals surface area contributed by atoms with Gasteiger partial charge in [0.2, 0.25) is 0 Å². The van der Waals surface area contributed by atoms with Crippen LogP contribution in [0.4, 0.5) is 0 Å². The van der Waals surface area contributed by atoms with Crippen LogP contribution >= 0.6 is 0 Å². The molecule has 0 aliphatic heterocycles. The first-order chi connectivity index (χ1) is 9.70. The quantitative estimate of drug-likeness (QED) is 0.706. The summed E-state index contributed by atoms with van der Waals surface area (Å²) in [5.74, 6) is 1.81. The first-order valence-corrected chi connectivity index (χ1v) is 8.19. The van der Waals surface area contributed by atoms with Crippen LogP contribution in [0.15, 0.2) is 18.2 Å². The number of hydrogen-bond donors (Lipinski definition) is 1. The molecule has 0 amide bonds. The lowest BCUT2D eigenvalue weighted by atomic mass is 10.1. The van der Waals surface area contributed by atoms with Gasteiger partial charge in [-0.25, -0.2) is 0 Å². The van der Waals surface area contributed by atoms with Crippen molar-refractivity contribution in [3.63, 3.8) is 0 Å². The minimum atomic E-state index is 0.556. The number of rotatable bonds is 8. The van der Waals surface area contributed by atoms with Crippen molar-refractivity contribution in [2.45, 2.75) is 58.9 Å². The molecular formula is C18H29NO. The standard InChI is InChI=1S/C18H29NO/c1-4-11-19-18-10-7-15-13-16(8-9-17(15)18)20-12-5-6-14(2)3/h8-9,13-14,18-19H,4-7,10-12H2,1-3H3. The summed E-state index contributed by atoms with van der Waals surface area (Å²) >= 11 is 0. The average molecular weight is 275 g/mol. The van der Waals surface area contributed by atoms with Gasteiger partial charge in [0, 0.05) is 6.04 Å². The summed E-state index contributed by atoms with van der Waals surface area (Å²) in [5.41, 5.74) is 2.95. The lowest BCUT2D eigenvalue weighted by molar-refractivity contribution is 0.297. The molecule has 1 N–H and O–H groups in total. The Morgan fingerprint density at radius 1 is 1.35 bits per heavy atom. The fraction of sp³-hybridized carbons (Fsp3) is 0.667. The molecule has 1 atom stereocenters. The van der Waals surface area contributed by atoms with E-state index in [2.05, 4.69) is 44.3 Å². The topological polar surface area (TPSA) is 21.3 Å². The van der Waals surface area contributed by atoms with Crippen LogP contribution in [0.5, 0.6) is 5.75 Å². The monoisotopic (exact) mass is 275 g/mol. The molecule has 2 rings (SSSR count). The van der Waals surface area contributed by atoms with Gasteiger partial charge in [0.05, 0.1) is 6.61 Å². The van der Waals surface area contributed by atoms with E-state index in [1.165, 1.54) is 36.8 Å². The zero-order chi connectivity index (χ0) is 14.4. The third kappa shape index (κ3) is 4.24. The summed E-state index contributed by atoms with van der Waals surface area (Å²) in [6.45, 7) is 8.70. The zero-order valence-electron chi connectivity index (χ0n) is 13.2. The number of aryl methyl sites for hydroxylation is 1. The normalized spacial score (nSPS) is 17.5. The van der Waals surface area contributed by atoms with E-state index in [9.17, 15) is 0 Å². The molecule has 1 aromatic rings. The predicted molar refractivity (Wildman–Crippen MR) is 85.4 cm³/mol. The minimum absolute atomic E-state index is 0.556. The van der Waals surface area contributed by atoms with E-state index in [0.717, 1.165) is 31.2 Å². The fourth-order valence-corrected chi connectivity index (χ4v) is 2.90. The molecule has 0 bridgehead atoms. The number of ether oxygens (including phenoxy) is 1. The molecule has 0 saturated carbocycles. The highest BCUT2D eigenvalue weighted by molar-refractivity contribution is 5.40. The maximum atomic E-state index is 5.88. The van der Waals surface area contributed by atoms with Crippen LogP contribution < -0.4 is 10.1 Å². The van der Waals surface area contributed by atoms with Crippen molar-refractivity contribution >= 4 is 0 Å². The summed E-state index contributed by atoms with van der Waals surface area (Å²) in [4.78, 5) is 0. The van der Waals surface area contributed by atoms with E-state index in [-0.39, 0.29) is 0 Å². The number of fused-ring (bicyclic) bond motifs is 1. The Morgan fingerprint density at radius 2 is 2.20 bits per heavy atom. The molecular weight excluding hydrogens is 246 g/mol. The van der Waals surface area contributed by atoms with Crippen molar-refractivity contribution in [3.8, 4) is 5.75 Å². The third-order valence-electron chi connectivity index (χ3n) is 4.03. The molecule has 1 aliphatic carbocycles. The largest absolute Gasteiger partial charge is 0.494 e. The Balaban J connectivity index is 1.86. The average Bonchev–Trinajstić information content (AvgIpc) is 2.83. The van der Waals surface area contributed by atoms with Crippen LogP contribution in [0, 0.1) is 5.92 Å². The lowest BCUT2D eigenvalue weighted by Crippen LogP contribution is -2.19. The summed E-state index contributed by atoms with van der Waals surface area (Å²) in [7, 11) is 0. The highest BCUT2D eigenvalue weighted by Crippen LogP contribution is 2.33. The first kappa shape index (κ1) is 15.4. The first-order valence-electron chi connectivity index (χ1n) is 8.19. The van der Waals surface area contributed by atoms with E-state index >= 15 is 0 Å². The molecule has 0 saturated heterocycles. The van der Waals surface area contributed by atoms with Crippen LogP contribution in [0.1, 0.15) is 63.6 Å². The van der Waals surface area contributed by atoms with Crippen molar-refractivity contribution in [1.82, 2.24) is 5.32 Å².